The van der Waals surface area contributed by atoms with E-state index in [1.165, 1.54) is 4.31 Å². The maximum Gasteiger partial charge on any atom is 0.272 e. The molecule has 0 atom stereocenters. The average molecular weight is 411 g/mol. The number of ether oxygens (including phenoxy) is 1. The van der Waals surface area contributed by atoms with Gasteiger partial charge in [0, 0.05) is 13.1 Å². The van der Waals surface area contributed by atoms with Gasteiger partial charge in [0.25, 0.3) is 15.9 Å². The first kappa shape index (κ1) is 19.7. The number of hydrogen-bond acceptors (Lipinski definition) is 7. The number of para-hydroxylation sites is 1. The number of aryl methyl sites for hydroxylation is 1. The van der Waals surface area contributed by atoms with Crippen molar-refractivity contribution in [2.75, 3.05) is 25.0 Å². The molecule has 1 N–H and O–H groups in total. The van der Waals surface area contributed by atoms with E-state index >= 15 is 0 Å². The maximum atomic E-state index is 12.7. The molecule has 1 aromatic heterocycles. The molecule has 1 amide bonds. The number of nitrogens with zero attached hydrogens (tertiary/aromatic N) is 3. The van der Waals surface area contributed by atoms with E-state index < -0.39 is 15.9 Å². The fraction of sp³-hybridized carbons (Fsp3) is 0.471. The monoisotopic (exact) mass is 410 g/mol. The standard InChI is InChI=1S/C17H22N4O4S2/c1-13-8-4-5-9-14(13)25-12-15(22)18-16-19-20-17(26-16)27(23,24)21-10-6-2-3-7-11-21/h4-5,8-9H,2-3,6-7,10-12H2,1H3,(H,18,19,22). The van der Waals surface area contributed by atoms with Gasteiger partial charge < -0.3 is 4.74 Å². The van der Waals surface area contributed by atoms with Crippen LogP contribution in [0.2, 0.25) is 0 Å². The molecule has 1 saturated heterocycles. The second-order valence-electron chi connectivity index (χ2n) is 6.29. The van der Waals surface area contributed by atoms with Crippen LogP contribution in [-0.4, -0.2) is 48.5 Å². The van der Waals surface area contributed by atoms with Gasteiger partial charge in [0.15, 0.2) is 6.61 Å². The SMILES string of the molecule is Cc1ccccc1OCC(=O)Nc1nnc(S(=O)(=O)N2CCCCCC2)s1. The van der Waals surface area contributed by atoms with Gasteiger partial charge in [-0.2, -0.15) is 4.31 Å². The molecule has 0 saturated carbocycles. The Morgan fingerprint density at radius 1 is 1.19 bits per heavy atom. The zero-order valence-corrected chi connectivity index (χ0v) is 16.7. The van der Waals surface area contributed by atoms with Crippen LogP contribution in [0.25, 0.3) is 0 Å². The molecular formula is C17H22N4O4S2. The Kier molecular flexibility index (Phi) is 6.40. The van der Waals surface area contributed by atoms with Crippen LogP contribution < -0.4 is 10.1 Å². The summed E-state index contributed by atoms with van der Waals surface area (Å²) >= 11 is 0.854. The lowest BCUT2D eigenvalue weighted by atomic mass is 10.2. The Hall–Kier alpha value is -2.04. The first-order valence-corrected chi connectivity index (χ1v) is 11.0. The van der Waals surface area contributed by atoms with Crippen LogP contribution in [0.1, 0.15) is 31.2 Å². The molecule has 10 heteroatoms. The molecule has 146 valence electrons. The largest absolute Gasteiger partial charge is 0.483 e. The van der Waals surface area contributed by atoms with E-state index in [1.807, 2.05) is 25.1 Å². The zero-order chi connectivity index (χ0) is 19.3. The highest BCUT2D eigenvalue weighted by molar-refractivity contribution is 7.91. The summed E-state index contributed by atoms with van der Waals surface area (Å²) in [5.41, 5.74) is 0.923. The molecule has 27 heavy (non-hydrogen) atoms. The summed E-state index contributed by atoms with van der Waals surface area (Å²) in [5.74, 6) is 0.197. The van der Waals surface area contributed by atoms with E-state index in [2.05, 4.69) is 15.5 Å². The average Bonchev–Trinajstić information content (AvgIpc) is 2.94. The number of rotatable bonds is 6. The molecule has 2 heterocycles. The Morgan fingerprint density at radius 3 is 2.59 bits per heavy atom. The van der Waals surface area contributed by atoms with Gasteiger partial charge in [0.1, 0.15) is 5.75 Å². The van der Waals surface area contributed by atoms with Crippen molar-refractivity contribution in [3.05, 3.63) is 29.8 Å². The lowest BCUT2D eigenvalue weighted by Crippen LogP contribution is -2.31. The highest BCUT2D eigenvalue weighted by Crippen LogP contribution is 2.25. The Balaban J connectivity index is 1.60. The van der Waals surface area contributed by atoms with Crippen molar-refractivity contribution in [2.45, 2.75) is 36.9 Å². The number of carbonyl (C=O) groups excluding carboxylic acids is 1. The van der Waals surface area contributed by atoms with Crippen molar-refractivity contribution in [3.8, 4) is 5.75 Å². The highest BCUT2D eigenvalue weighted by Gasteiger charge is 2.29. The second-order valence-corrected chi connectivity index (χ2v) is 9.38. The van der Waals surface area contributed by atoms with Gasteiger partial charge in [0.05, 0.1) is 0 Å². The van der Waals surface area contributed by atoms with Crippen molar-refractivity contribution < 1.29 is 17.9 Å². The van der Waals surface area contributed by atoms with Gasteiger partial charge in [-0.1, -0.05) is 42.4 Å². The molecule has 0 unspecified atom stereocenters. The quantitative estimate of drug-likeness (QED) is 0.734. The molecule has 1 aliphatic heterocycles. The van der Waals surface area contributed by atoms with Crippen molar-refractivity contribution in [3.63, 3.8) is 0 Å². The van der Waals surface area contributed by atoms with Gasteiger partial charge in [-0.25, -0.2) is 8.42 Å². The fourth-order valence-electron chi connectivity index (χ4n) is 2.77. The Labute approximate surface area is 162 Å². The van der Waals surface area contributed by atoms with Crippen LogP contribution in [0.3, 0.4) is 0 Å². The van der Waals surface area contributed by atoms with E-state index in [4.69, 9.17) is 4.74 Å². The molecule has 8 nitrogen and oxygen atoms in total. The summed E-state index contributed by atoms with van der Waals surface area (Å²) in [6.45, 7) is 2.68. The van der Waals surface area contributed by atoms with E-state index in [-0.39, 0.29) is 16.1 Å². The minimum absolute atomic E-state index is 0.0977. The van der Waals surface area contributed by atoms with Gasteiger partial charge in [-0.15, -0.1) is 10.2 Å². The number of nitrogens with one attached hydrogen (secondary N) is 1. The highest BCUT2D eigenvalue weighted by atomic mass is 32.2. The number of hydrogen-bond donors (Lipinski definition) is 1. The van der Waals surface area contributed by atoms with Gasteiger partial charge in [-0.3, -0.25) is 10.1 Å². The number of amides is 1. The Morgan fingerprint density at radius 2 is 1.89 bits per heavy atom. The first-order valence-electron chi connectivity index (χ1n) is 8.79. The summed E-state index contributed by atoms with van der Waals surface area (Å²) in [7, 11) is -3.67. The van der Waals surface area contributed by atoms with E-state index in [9.17, 15) is 13.2 Å². The minimum atomic E-state index is -3.67. The van der Waals surface area contributed by atoms with Crippen LogP contribution in [0.5, 0.6) is 5.75 Å². The smallest absolute Gasteiger partial charge is 0.272 e. The molecule has 0 spiro atoms. The molecular weight excluding hydrogens is 388 g/mol. The first-order chi connectivity index (χ1) is 13.0. The molecule has 1 aliphatic rings. The zero-order valence-electron chi connectivity index (χ0n) is 15.1. The lowest BCUT2D eigenvalue weighted by Gasteiger charge is -2.17. The van der Waals surface area contributed by atoms with Crippen molar-refractivity contribution in [2.24, 2.45) is 0 Å². The summed E-state index contributed by atoms with van der Waals surface area (Å²) in [6.07, 6.45) is 3.75. The van der Waals surface area contributed by atoms with E-state index in [0.29, 0.717) is 18.8 Å². The van der Waals surface area contributed by atoms with E-state index in [1.54, 1.807) is 6.07 Å². The van der Waals surface area contributed by atoms with Crippen molar-refractivity contribution >= 4 is 32.4 Å². The van der Waals surface area contributed by atoms with Gasteiger partial charge in [0.2, 0.25) is 9.47 Å². The summed E-state index contributed by atoms with van der Waals surface area (Å²) in [5, 5.41) is 10.2. The summed E-state index contributed by atoms with van der Waals surface area (Å²) < 4.78 is 32.2. The molecule has 0 bridgehead atoms. The van der Waals surface area contributed by atoms with Crippen LogP contribution in [0, 0.1) is 6.92 Å². The molecule has 1 fully saturated rings. The predicted octanol–water partition coefficient (Wildman–Crippen LogP) is 2.43. The van der Waals surface area contributed by atoms with Crippen molar-refractivity contribution in [1.82, 2.24) is 14.5 Å². The van der Waals surface area contributed by atoms with Crippen LogP contribution in [0.4, 0.5) is 5.13 Å². The second kappa shape index (κ2) is 8.77. The normalized spacial score (nSPS) is 15.9. The summed E-state index contributed by atoms with van der Waals surface area (Å²) in [6, 6.07) is 7.37. The third-order valence-corrected chi connectivity index (χ3v) is 7.31. The minimum Gasteiger partial charge on any atom is -0.483 e. The molecule has 1 aromatic carbocycles. The molecule has 0 aliphatic carbocycles. The third-order valence-electron chi connectivity index (χ3n) is 4.23. The van der Waals surface area contributed by atoms with Crippen LogP contribution >= 0.6 is 11.3 Å². The number of sulfonamides is 1. The predicted molar refractivity (Wildman–Crippen MR) is 102 cm³/mol. The molecule has 0 radical (unpaired) electrons. The van der Waals surface area contributed by atoms with Crippen LogP contribution in [-0.2, 0) is 14.8 Å². The topological polar surface area (TPSA) is 101 Å². The van der Waals surface area contributed by atoms with Gasteiger partial charge in [-0.05, 0) is 31.4 Å². The number of aromatic nitrogens is 2. The Bertz CT molecular complexity index is 890. The van der Waals surface area contributed by atoms with Crippen molar-refractivity contribution in [1.29, 1.82) is 0 Å². The number of carbonyl (C=O) groups is 1. The maximum absolute atomic E-state index is 12.7. The van der Waals surface area contributed by atoms with Crippen LogP contribution in [0.15, 0.2) is 28.6 Å². The fourth-order valence-corrected chi connectivity index (χ4v) is 5.35. The summed E-state index contributed by atoms with van der Waals surface area (Å²) in [4.78, 5) is 12.0. The van der Waals surface area contributed by atoms with E-state index in [0.717, 1.165) is 42.6 Å². The lowest BCUT2D eigenvalue weighted by molar-refractivity contribution is -0.118. The number of benzene rings is 1. The molecule has 2 aromatic rings. The molecule has 3 rings (SSSR count). The number of anilines is 1. The third kappa shape index (κ3) is 5.02. The van der Waals surface area contributed by atoms with Gasteiger partial charge >= 0.3 is 0 Å².